The summed E-state index contributed by atoms with van der Waals surface area (Å²) < 4.78 is 0. The van der Waals surface area contributed by atoms with Crippen molar-refractivity contribution in [3.05, 3.63) is 0 Å². The molecule has 0 spiro atoms. The minimum Gasteiger partial charge on any atom is -0.427 e. The molecule has 1 heterocycles. The van der Waals surface area contributed by atoms with Crippen LogP contribution in [0.3, 0.4) is 0 Å². The highest BCUT2D eigenvalue weighted by molar-refractivity contribution is 6.63. The summed E-state index contributed by atoms with van der Waals surface area (Å²) in [5.74, 6) is 0. The van der Waals surface area contributed by atoms with Gasteiger partial charge in [-0.05, 0) is 16.1 Å². The summed E-state index contributed by atoms with van der Waals surface area (Å²) >= 11 is 0. The van der Waals surface area contributed by atoms with Crippen LogP contribution in [-0.2, 0) is 0 Å². The van der Waals surface area contributed by atoms with E-state index in [2.05, 4.69) is 48.5 Å². The molecule has 0 radical (unpaired) electrons. The molecule has 1 fully saturated rings. The zero-order valence-corrected chi connectivity index (χ0v) is 15.5. The zero-order valence-electron chi connectivity index (χ0n) is 15.5. The Kier molecular flexibility index (Phi) is 6.06. The van der Waals surface area contributed by atoms with Gasteiger partial charge in [-0.1, -0.05) is 87.2 Å². The summed E-state index contributed by atoms with van der Waals surface area (Å²) in [5.41, 5.74) is 1.04. The second-order valence-corrected chi connectivity index (χ2v) is 9.98. The molecule has 4 heteroatoms. The molecule has 0 atom stereocenters. The van der Waals surface area contributed by atoms with E-state index < -0.39 is 7.12 Å². The van der Waals surface area contributed by atoms with Crippen LogP contribution >= 0.6 is 0 Å². The third kappa shape index (κ3) is 5.44. The third-order valence-corrected chi connectivity index (χ3v) is 5.34. The number of hydrogen-bond donors (Lipinski definition) is 2. The summed E-state index contributed by atoms with van der Waals surface area (Å²) in [6.07, 6.45) is 2.78. The van der Waals surface area contributed by atoms with Crippen molar-refractivity contribution in [2.45, 2.75) is 92.5 Å². The van der Waals surface area contributed by atoms with E-state index in [0.29, 0.717) is 16.1 Å². The number of hydrogen-bond acceptors (Lipinski definition) is 2. The van der Waals surface area contributed by atoms with Crippen molar-refractivity contribution >= 4 is 13.8 Å². The van der Waals surface area contributed by atoms with Gasteiger partial charge in [-0.25, -0.2) is 0 Å². The molecule has 0 aromatic carbocycles. The first-order valence-corrected chi connectivity index (χ1v) is 7.87. The summed E-state index contributed by atoms with van der Waals surface area (Å²) in [6.45, 7) is 23.1. The standard InChI is InChI=1S/C12H25B.C4H11BO2/c1-10(2,3)13-8-11(4,5)12(6,7)9-13;1-4(2,3)5(6)7/h8-9H2,1-7H3;6-7H,1-3H3. The van der Waals surface area contributed by atoms with Gasteiger partial charge in [-0.15, -0.1) is 0 Å². The van der Waals surface area contributed by atoms with Crippen LogP contribution in [0.2, 0.25) is 23.3 Å². The summed E-state index contributed by atoms with van der Waals surface area (Å²) in [6, 6.07) is 0. The first-order chi connectivity index (χ1) is 8.51. The predicted molar refractivity (Wildman–Crippen MR) is 92.6 cm³/mol. The van der Waals surface area contributed by atoms with E-state index in [1.165, 1.54) is 12.6 Å². The lowest BCUT2D eigenvalue weighted by atomic mass is 9.32. The molecule has 2 nitrogen and oxygen atoms in total. The molecule has 0 unspecified atom stereocenters. The Balaban J connectivity index is 0.000000441. The molecule has 0 aliphatic carbocycles. The third-order valence-electron chi connectivity index (χ3n) is 5.34. The largest absolute Gasteiger partial charge is 0.457 e. The fraction of sp³-hybridized carbons (Fsp3) is 1.00. The van der Waals surface area contributed by atoms with Crippen molar-refractivity contribution in [3.63, 3.8) is 0 Å². The molecule has 118 valence electrons. The molecule has 1 rings (SSSR count). The van der Waals surface area contributed by atoms with Gasteiger partial charge in [0.2, 0.25) is 0 Å². The van der Waals surface area contributed by atoms with E-state index in [-0.39, 0.29) is 5.31 Å². The van der Waals surface area contributed by atoms with Crippen LogP contribution in [0, 0.1) is 10.8 Å². The van der Waals surface area contributed by atoms with Crippen molar-refractivity contribution in [1.29, 1.82) is 0 Å². The van der Waals surface area contributed by atoms with Gasteiger partial charge in [-0.2, -0.15) is 0 Å². The molecule has 0 bridgehead atoms. The Bertz CT molecular complexity index is 293. The molecule has 2 N–H and O–H groups in total. The lowest BCUT2D eigenvalue weighted by Crippen LogP contribution is -2.24. The van der Waals surface area contributed by atoms with Crippen LogP contribution < -0.4 is 0 Å². The van der Waals surface area contributed by atoms with Gasteiger partial charge >= 0.3 is 7.12 Å². The van der Waals surface area contributed by atoms with E-state index in [4.69, 9.17) is 10.0 Å². The Morgan fingerprint density at radius 3 is 1.15 bits per heavy atom. The number of rotatable bonds is 0. The fourth-order valence-corrected chi connectivity index (χ4v) is 2.47. The van der Waals surface area contributed by atoms with Crippen molar-refractivity contribution in [2.75, 3.05) is 0 Å². The van der Waals surface area contributed by atoms with Gasteiger partial charge < -0.3 is 10.0 Å². The van der Waals surface area contributed by atoms with Gasteiger partial charge in [-0.3, -0.25) is 0 Å². The van der Waals surface area contributed by atoms with Gasteiger partial charge in [0.05, 0.1) is 0 Å². The second-order valence-electron chi connectivity index (χ2n) is 9.98. The van der Waals surface area contributed by atoms with Crippen LogP contribution in [0.15, 0.2) is 0 Å². The zero-order chi connectivity index (χ0) is 16.6. The van der Waals surface area contributed by atoms with Crippen molar-refractivity contribution in [3.8, 4) is 0 Å². The molecule has 0 aromatic heterocycles. The maximum atomic E-state index is 8.44. The van der Waals surface area contributed by atoms with Crippen LogP contribution in [-0.4, -0.2) is 23.9 Å². The molecule has 1 saturated heterocycles. The average Bonchev–Trinajstić information content (AvgIpc) is 2.34. The van der Waals surface area contributed by atoms with Gasteiger partial charge in [0.15, 0.2) is 0 Å². The van der Waals surface area contributed by atoms with E-state index in [1.54, 1.807) is 20.8 Å². The van der Waals surface area contributed by atoms with E-state index in [1.807, 2.05) is 0 Å². The molecule has 1 aliphatic heterocycles. The summed E-state index contributed by atoms with van der Waals surface area (Å²) in [4.78, 5) is 0. The van der Waals surface area contributed by atoms with Crippen LogP contribution in [0.5, 0.6) is 0 Å². The first kappa shape index (κ1) is 20.0. The molecule has 20 heavy (non-hydrogen) atoms. The summed E-state index contributed by atoms with van der Waals surface area (Å²) in [5, 5.41) is 17.0. The minimum absolute atomic E-state index is 0.389. The van der Waals surface area contributed by atoms with Crippen molar-refractivity contribution in [2.24, 2.45) is 10.8 Å². The highest BCUT2D eigenvalue weighted by Gasteiger charge is 2.50. The monoisotopic (exact) mass is 282 g/mol. The Morgan fingerprint density at radius 2 is 1.05 bits per heavy atom. The van der Waals surface area contributed by atoms with Gasteiger partial charge in [0.25, 0.3) is 0 Å². The normalized spacial score (nSPS) is 21.3. The SMILES string of the molecule is CC(C)(C)B(O)O.CC(C)(C)B1CC(C)(C)C(C)(C)C1. The van der Waals surface area contributed by atoms with Crippen molar-refractivity contribution < 1.29 is 10.0 Å². The predicted octanol–water partition coefficient (Wildman–Crippen LogP) is 4.61. The lowest BCUT2D eigenvalue weighted by molar-refractivity contribution is 0.177. The topological polar surface area (TPSA) is 40.5 Å². The van der Waals surface area contributed by atoms with E-state index in [0.717, 1.165) is 6.71 Å². The smallest absolute Gasteiger partial charge is 0.427 e. The summed E-state index contributed by atoms with van der Waals surface area (Å²) in [7, 11) is -1.20. The fourth-order valence-electron chi connectivity index (χ4n) is 2.47. The Hall–Kier alpha value is 0.0499. The van der Waals surface area contributed by atoms with Crippen LogP contribution in [0.25, 0.3) is 0 Å². The van der Waals surface area contributed by atoms with Crippen LogP contribution in [0.1, 0.15) is 69.2 Å². The van der Waals surface area contributed by atoms with E-state index >= 15 is 0 Å². The van der Waals surface area contributed by atoms with Gasteiger partial charge in [0, 0.05) is 0 Å². The molecule has 1 aliphatic rings. The highest BCUT2D eigenvalue weighted by atomic mass is 16.4. The van der Waals surface area contributed by atoms with Crippen LogP contribution in [0.4, 0.5) is 0 Å². The van der Waals surface area contributed by atoms with E-state index in [9.17, 15) is 0 Å². The molecule has 0 saturated carbocycles. The quantitative estimate of drug-likeness (QED) is 0.637. The molecular weight excluding hydrogens is 246 g/mol. The molecule has 0 aromatic rings. The molecule has 0 amide bonds. The van der Waals surface area contributed by atoms with Gasteiger partial charge in [0.1, 0.15) is 6.71 Å². The highest BCUT2D eigenvalue weighted by Crippen LogP contribution is 2.57. The Labute approximate surface area is 128 Å². The lowest BCUT2D eigenvalue weighted by Gasteiger charge is -2.35. The average molecular weight is 282 g/mol. The second kappa shape index (κ2) is 6.04. The Morgan fingerprint density at radius 1 is 0.800 bits per heavy atom. The van der Waals surface area contributed by atoms with Crippen molar-refractivity contribution in [1.82, 2.24) is 0 Å². The maximum Gasteiger partial charge on any atom is 0.457 e. The maximum absolute atomic E-state index is 8.44. The minimum atomic E-state index is -1.20. The molecular formula is C16H36B2O2. The first-order valence-electron chi connectivity index (χ1n) is 7.87.